The van der Waals surface area contributed by atoms with E-state index in [4.69, 9.17) is 0 Å². The van der Waals surface area contributed by atoms with E-state index in [-0.39, 0.29) is 16.9 Å². The predicted molar refractivity (Wildman–Crippen MR) is 69.5 cm³/mol. The summed E-state index contributed by atoms with van der Waals surface area (Å²) in [6.07, 6.45) is -3.12. The fourth-order valence-electron chi connectivity index (χ4n) is 1.85. The van der Waals surface area contributed by atoms with E-state index in [0.717, 1.165) is 12.1 Å². The van der Waals surface area contributed by atoms with E-state index < -0.39 is 17.3 Å². The Hall–Kier alpha value is -1.89. The van der Waals surface area contributed by atoms with Gasteiger partial charge in [0, 0.05) is 12.6 Å². The fourth-order valence-corrected chi connectivity index (χ4v) is 1.85. The summed E-state index contributed by atoms with van der Waals surface area (Å²) in [5.41, 5.74) is -1.05. The van der Waals surface area contributed by atoms with E-state index in [2.05, 4.69) is 10.3 Å². The third-order valence-electron chi connectivity index (χ3n) is 3.11. The molecule has 0 amide bonds. The van der Waals surface area contributed by atoms with Gasteiger partial charge in [-0.1, -0.05) is 0 Å². The Kier molecular flexibility index (Phi) is 3.80. The molecule has 0 aliphatic carbocycles. The number of benzene rings is 1. The molecular weight excluding hydrogens is 271 g/mol. The van der Waals surface area contributed by atoms with Crippen LogP contribution in [0.5, 0.6) is 0 Å². The maximum Gasteiger partial charge on any atom is 0.416 e. The van der Waals surface area contributed by atoms with Crippen molar-refractivity contribution in [1.82, 2.24) is 14.9 Å². The molecule has 2 rings (SSSR count). The number of halogens is 3. The van der Waals surface area contributed by atoms with Crippen LogP contribution >= 0.6 is 0 Å². The van der Waals surface area contributed by atoms with Gasteiger partial charge < -0.3 is 5.32 Å². The SMILES string of the molecule is CNC(C)Cn1cnc2ccc(C(F)(F)F)cc2c1=O. The van der Waals surface area contributed by atoms with Gasteiger partial charge in [-0.05, 0) is 32.2 Å². The molecule has 4 nitrogen and oxygen atoms in total. The zero-order chi connectivity index (χ0) is 14.9. The normalized spacial score (nSPS) is 13.7. The quantitative estimate of drug-likeness (QED) is 0.938. The molecule has 1 unspecified atom stereocenters. The number of nitrogens with zero attached hydrogens (tertiary/aromatic N) is 2. The molecule has 0 saturated carbocycles. The van der Waals surface area contributed by atoms with Crippen LogP contribution in [0.1, 0.15) is 12.5 Å². The van der Waals surface area contributed by atoms with E-state index in [1.54, 1.807) is 7.05 Å². The molecule has 0 spiro atoms. The van der Waals surface area contributed by atoms with Crippen molar-refractivity contribution < 1.29 is 13.2 Å². The highest BCUT2D eigenvalue weighted by atomic mass is 19.4. The molecule has 1 atom stereocenters. The van der Waals surface area contributed by atoms with Crippen LogP contribution in [-0.2, 0) is 12.7 Å². The van der Waals surface area contributed by atoms with Crippen molar-refractivity contribution in [3.63, 3.8) is 0 Å². The van der Waals surface area contributed by atoms with Crippen molar-refractivity contribution in [3.05, 3.63) is 40.4 Å². The second-order valence-corrected chi connectivity index (χ2v) is 4.62. The molecule has 0 bridgehead atoms. The molecule has 1 aromatic heterocycles. The summed E-state index contributed by atoms with van der Waals surface area (Å²) in [4.78, 5) is 16.2. The highest BCUT2D eigenvalue weighted by Gasteiger charge is 2.30. The van der Waals surface area contributed by atoms with Gasteiger partial charge >= 0.3 is 6.18 Å². The van der Waals surface area contributed by atoms with Crippen LogP contribution in [0.2, 0.25) is 0 Å². The molecule has 0 saturated heterocycles. The first-order valence-electron chi connectivity index (χ1n) is 6.06. The minimum absolute atomic E-state index is 0.0118. The third-order valence-corrected chi connectivity index (χ3v) is 3.11. The minimum atomic E-state index is -4.47. The average Bonchev–Trinajstić information content (AvgIpc) is 2.40. The number of likely N-dealkylation sites (N-methyl/N-ethyl adjacent to an activating group) is 1. The van der Waals surface area contributed by atoms with E-state index in [1.165, 1.54) is 17.0 Å². The number of fused-ring (bicyclic) bond motifs is 1. The van der Waals surface area contributed by atoms with Crippen molar-refractivity contribution in [2.24, 2.45) is 0 Å². The highest BCUT2D eigenvalue weighted by Crippen LogP contribution is 2.30. The van der Waals surface area contributed by atoms with Crippen molar-refractivity contribution in [1.29, 1.82) is 0 Å². The molecule has 20 heavy (non-hydrogen) atoms. The third kappa shape index (κ3) is 2.82. The fraction of sp³-hybridized carbons (Fsp3) is 0.385. The number of hydrogen-bond donors (Lipinski definition) is 1. The zero-order valence-corrected chi connectivity index (χ0v) is 11.0. The van der Waals surface area contributed by atoms with Crippen molar-refractivity contribution in [2.75, 3.05) is 7.05 Å². The van der Waals surface area contributed by atoms with Gasteiger partial charge in [0.25, 0.3) is 5.56 Å². The van der Waals surface area contributed by atoms with Gasteiger partial charge in [0.15, 0.2) is 0 Å². The average molecular weight is 285 g/mol. The first kappa shape index (κ1) is 14.5. The summed E-state index contributed by atoms with van der Waals surface area (Å²) in [7, 11) is 1.74. The standard InChI is InChI=1S/C13H14F3N3O/c1-8(17-2)6-19-7-18-11-4-3-9(13(14,15)16)5-10(11)12(19)20/h3-5,7-8,17H,6H2,1-2H3. The predicted octanol–water partition coefficient (Wildman–Crippen LogP) is 2.02. The smallest absolute Gasteiger partial charge is 0.315 e. The van der Waals surface area contributed by atoms with E-state index >= 15 is 0 Å². The Morgan fingerprint density at radius 1 is 1.40 bits per heavy atom. The number of rotatable bonds is 3. The first-order chi connectivity index (χ1) is 9.32. The van der Waals surface area contributed by atoms with Gasteiger partial charge in [-0.15, -0.1) is 0 Å². The number of aromatic nitrogens is 2. The van der Waals surface area contributed by atoms with Crippen LogP contribution in [0.25, 0.3) is 10.9 Å². The van der Waals surface area contributed by atoms with Crippen LogP contribution < -0.4 is 10.9 Å². The Labute approximate surface area is 113 Å². The van der Waals surface area contributed by atoms with Crippen molar-refractivity contribution in [2.45, 2.75) is 25.7 Å². The summed E-state index contributed by atoms with van der Waals surface area (Å²) in [5, 5.41) is 2.93. The number of nitrogens with one attached hydrogen (secondary N) is 1. The monoisotopic (exact) mass is 285 g/mol. The molecule has 1 aromatic carbocycles. The van der Waals surface area contributed by atoms with E-state index in [1.807, 2.05) is 6.92 Å². The van der Waals surface area contributed by atoms with E-state index in [0.29, 0.717) is 6.54 Å². The highest BCUT2D eigenvalue weighted by molar-refractivity contribution is 5.78. The molecular formula is C13H14F3N3O. The lowest BCUT2D eigenvalue weighted by Crippen LogP contribution is -2.32. The molecule has 0 aliphatic heterocycles. The molecule has 1 heterocycles. The first-order valence-corrected chi connectivity index (χ1v) is 6.06. The Balaban J connectivity index is 2.56. The summed E-state index contributed by atoms with van der Waals surface area (Å²) in [6, 6.07) is 3.00. The molecule has 2 aromatic rings. The van der Waals surface area contributed by atoms with Gasteiger partial charge in [0.05, 0.1) is 22.8 Å². The van der Waals surface area contributed by atoms with Crippen LogP contribution in [0, 0.1) is 0 Å². The maximum absolute atomic E-state index is 12.7. The summed E-state index contributed by atoms with van der Waals surface area (Å²) < 4.78 is 39.3. The van der Waals surface area contributed by atoms with Gasteiger partial charge in [0.2, 0.25) is 0 Å². The molecule has 0 aliphatic rings. The summed E-state index contributed by atoms with van der Waals surface area (Å²) >= 11 is 0. The molecule has 1 N–H and O–H groups in total. The van der Waals surface area contributed by atoms with Gasteiger partial charge in [0.1, 0.15) is 0 Å². The Bertz CT molecular complexity index is 679. The minimum Gasteiger partial charge on any atom is -0.315 e. The van der Waals surface area contributed by atoms with Crippen LogP contribution in [-0.4, -0.2) is 22.6 Å². The molecule has 0 fully saturated rings. The molecule has 7 heteroatoms. The largest absolute Gasteiger partial charge is 0.416 e. The lowest BCUT2D eigenvalue weighted by molar-refractivity contribution is -0.137. The van der Waals surface area contributed by atoms with Crippen molar-refractivity contribution in [3.8, 4) is 0 Å². The molecule has 108 valence electrons. The summed E-state index contributed by atoms with van der Waals surface area (Å²) in [5.74, 6) is 0. The topological polar surface area (TPSA) is 46.9 Å². The molecule has 0 radical (unpaired) electrons. The Morgan fingerprint density at radius 2 is 2.10 bits per heavy atom. The van der Waals surface area contributed by atoms with Crippen LogP contribution in [0.15, 0.2) is 29.3 Å². The second-order valence-electron chi connectivity index (χ2n) is 4.62. The maximum atomic E-state index is 12.7. The second kappa shape index (κ2) is 5.24. The van der Waals surface area contributed by atoms with Crippen LogP contribution in [0.4, 0.5) is 13.2 Å². The Morgan fingerprint density at radius 3 is 2.70 bits per heavy atom. The van der Waals surface area contributed by atoms with Crippen LogP contribution in [0.3, 0.4) is 0 Å². The van der Waals surface area contributed by atoms with E-state index in [9.17, 15) is 18.0 Å². The van der Waals surface area contributed by atoms with Crippen molar-refractivity contribution >= 4 is 10.9 Å². The zero-order valence-electron chi connectivity index (χ0n) is 11.0. The lowest BCUT2D eigenvalue weighted by atomic mass is 10.1. The van der Waals surface area contributed by atoms with Gasteiger partial charge in [-0.3, -0.25) is 9.36 Å². The van der Waals surface area contributed by atoms with Gasteiger partial charge in [-0.2, -0.15) is 13.2 Å². The summed E-state index contributed by atoms with van der Waals surface area (Å²) in [6.45, 7) is 2.21. The van der Waals surface area contributed by atoms with Gasteiger partial charge in [-0.25, -0.2) is 4.98 Å². The number of hydrogen-bond acceptors (Lipinski definition) is 3. The number of alkyl halides is 3. The lowest BCUT2D eigenvalue weighted by Gasteiger charge is -2.13.